The lowest BCUT2D eigenvalue weighted by molar-refractivity contribution is 0.0952. The van der Waals surface area contributed by atoms with Crippen molar-refractivity contribution < 1.29 is 4.79 Å². The lowest BCUT2D eigenvalue weighted by Gasteiger charge is -2.06. The number of fused-ring (bicyclic) bond motifs is 1. The number of rotatable bonds is 4. The van der Waals surface area contributed by atoms with Gasteiger partial charge in [0, 0.05) is 40.5 Å². The van der Waals surface area contributed by atoms with Crippen LogP contribution in [0.3, 0.4) is 0 Å². The predicted octanol–water partition coefficient (Wildman–Crippen LogP) is 3.68. The molecule has 1 amide bonds. The molecule has 0 aliphatic rings. The minimum Gasteiger partial charge on any atom is -0.346 e. The maximum Gasteiger partial charge on any atom is 0.252 e. The lowest BCUT2D eigenvalue weighted by atomic mass is 10.1. The van der Waals surface area contributed by atoms with Gasteiger partial charge >= 0.3 is 0 Å². The van der Waals surface area contributed by atoms with Crippen molar-refractivity contribution in [1.82, 2.24) is 20.3 Å². The third-order valence-electron chi connectivity index (χ3n) is 3.82. The molecule has 3 aromatic heterocycles. The van der Waals surface area contributed by atoms with E-state index >= 15 is 0 Å². The highest BCUT2D eigenvalue weighted by Gasteiger charge is 2.11. The fourth-order valence-corrected chi connectivity index (χ4v) is 3.34. The summed E-state index contributed by atoms with van der Waals surface area (Å²) in [6, 6.07) is 13.1. The van der Waals surface area contributed by atoms with Crippen molar-refractivity contribution in [3.8, 4) is 11.3 Å². The molecule has 0 bridgehead atoms. The van der Waals surface area contributed by atoms with Crippen LogP contribution in [-0.2, 0) is 6.54 Å². The van der Waals surface area contributed by atoms with Gasteiger partial charge in [-0.2, -0.15) is 0 Å². The van der Waals surface area contributed by atoms with E-state index in [2.05, 4.69) is 20.3 Å². The smallest absolute Gasteiger partial charge is 0.252 e. The second-order valence-corrected chi connectivity index (χ2v) is 6.36. The summed E-state index contributed by atoms with van der Waals surface area (Å²) in [5.74, 6) is -0.126. The number of hydrogen-bond acceptors (Lipinski definition) is 5. The molecule has 4 rings (SSSR count). The van der Waals surface area contributed by atoms with Crippen molar-refractivity contribution in [3.05, 3.63) is 77.0 Å². The molecule has 0 unspecified atom stereocenters. The van der Waals surface area contributed by atoms with Crippen LogP contribution in [-0.4, -0.2) is 20.9 Å². The first-order valence-electron chi connectivity index (χ1n) is 7.78. The number of nitrogens with zero attached hydrogens (tertiary/aromatic N) is 3. The monoisotopic (exact) mass is 346 g/mol. The molecular formula is C19H14N4OS. The summed E-state index contributed by atoms with van der Waals surface area (Å²) in [7, 11) is 0. The normalized spacial score (nSPS) is 10.7. The van der Waals surface area contributed by atoms with Gasteiger partial charge in [0.25, 0.3) is 5.91 Å². The van der Waals surface area contributed by atoms with Crippen LogP contribution in [0.15, 0.2) is 66.4 Å². The Morgan fingerprint density at radius 1 is 1.04 bits per heavy atom. The third kappa shape index (κ3) is 3.25. The summed E-state index contributed by atoms with van der Waals surface area (Å²) < 4.78 is 0. The van der Waals surface area contributed by atoms with E-state index in [1.165, 1.54) is 11.3 Å². The quantitative estimate of drug-likeness (QED) is 0.612. The average Bonchev–Trinajstić information content (AvgIpc) is 3.15. The van der Waals surface area contributed by atoms with E-state index in [0.717, 1.165) is 27.2 Å². The molecular weight excluding hydrogens is 332 g/mol. The summed E-state index contributed by atoms with van der Waals surface area (Å²) in [6.07, 6.45) is 5.20. The number of nitrogens with one attached hydrogen (secondary N) is 1. The summed E-state index contributed by atoms with van der Waals surface area (Å²) in [4.78, 5) is 25.4. The molecule has 0 saturated carbocycles. The van der Waals surface area contributed by atoms with Gasteiger partial charge in [-0.05, 0) is 30.3 Å². The van der Waals surface area contributed by atoms with Crippen molar-refractivity contribution in [2.45, 2.75) is 6.54 Å². The first-order valence-corrected chi connectivity index (χ1v) is 8.66. The molecule has 3 heterocycles. The van der Waals surface area contributed by atoms with Crippen LogP contribution >= 0.6 is 11.3 Å². The average molecular weight is 346 g/mol. The first-order chi connectivity index (χ1) is 12.3. The Kier molecular flexibility index (Phi) is 4.18. The number of thiazole rings is 1. The summed E-state index contributed by atoms with van der Waals surface area (Å²) in [5, 5.41) is 6.63. The molecule has 6 heteroatoms. The minimum atomic E-state index is -0.126. The Balaban J connectivity index is 1.50. The highest BCUT2D eigenvalue weighted by molar-refractivity contribution is 7.09. The molecule has 4 aromatic rings. The van der Waals surface area contributed by atoms with Gasteiger partial charge < -0.3 is 5.32 Å². The van der Waals surface area contributed by atoms with Crippen LogP contribution in [0.25, 0.3) is 22.2 Å². The van der Waals surface area contributed by atoms with Gasteiger partial charge in [0.15, 0.2) is 0 Å². The molecule has 0 fully saturated rings. The standard InChI is InChI=1S/C19H14N4OS/c24-19(15-3-1-5-16-14(15)4-2-8-21-16)22-11-18-23-17(12-25-18)13-6-9-20-10-7-13/h1-10,12H,11H2,(H,22,24). The molecule has 0 aliphatic heterocycles. The molecule has 1 N–H and O–H groups in total. The fourth-order valence-electron chi connectivity index (χ4n) is 2.60. The van der Waals surface area contributed by atoms with Crippen molar-refractivity contribution in [3.63, 3.8) is 0 Å². The van der Waals surface area contributed by atoms with Gasteiger partial charge in [-0.3, -0.25) is 14.8 Å². The maximum absolute atomic E-state index is 12.5. The summed E-state index contributed by atoms with van der Waals surface area (Å²) in [6.45, 7) is 0.394. The zero-order valence-electron chi connectivity index (χ0n) is 13.2. The lowest BCUT2D eigenvalue weighted by Crippen LogP contribution is -2.23. The van der Waals surface area contributed by atoms with Gasteiger partial charge in [-0.1, -0.05) is 12.1 Å². The number of aromatic nitrogens is 3. The second-order valence-electron chi connectivity index (χ2n) is 5.42. The van der Waals surface area contributed by atoms with E-state index in [0.29, 0.717) is 12.1 Å². The van der Waals surface area contributed by atoms with Crippen molar-refractivity contribution in [2.24, 2.45) is 0 Å². The fraction of sp³-hybridized carbons (Fsp3) is 0.0526. The molecule has 0 saturated heterocycles. The second kappa shape index (κ2) is 6.78. The van der Waals surface area contributed by atoms with Gasteiger partial charge in [0.1, 0.15) is 5.01 Å². The van der Waals surface area contributed by atoms with Crippen LogP contribution in [0.4, 0.5) is 0 Å². The van der Waals surface area contributed by atoms with Crippen LogP contribution in [0, 0.1) is 0 Å². The molecule has 0 radical (unpaired) electrons. The van der Waals surface area contributed by atoms with Crippen LogP contribution < -0.4 is 5.32 Å². The molecule has 122 valence electrons. The van der Waals surface area contributed by atoms with Crippen molar-refractivity contribution in [2.75, 3.05) is 0 Å². The van der Waals surface area contributed by atoms with Gasteiger partial charge in [-0.25, -0.2) is 4.98 Å². The number of pyridine rings is 2. The number of carbonyl (C=O) groups excluding carboxylic acids is 1. The Labute approximate surface area is 148 Å². The van der Waals surface area contributed by atoms with E-state index < -0.39 is 0 Å². The molecule has 1 aromatic carbocycles. The van der Waals surface area contributed by atoms with E-state index in [9.17, 15) is 4.79 Å². The molecule has 25 heavy (non-hydrogen) atoms. The van der Waals surface area contributed by atoms with E-state index in [4.69, 9.17) is 0 Å². The number of amides is 1. The largest absolute Gasteiger partial charge is 0.346 e. The predicted molar refractivity (Wildman–Crippen MR) is 98.3 cm³/mol. The zero-order chi connectivity index (χ0) is 17.1. The molecule has 0 aliphatic carbocycles. The first kappa shape index (κ1) is 15.4. The Bertz CT molecular complexity index is 1020. The number of benzene rings is 1. The highest BCUT2D eigenvalue weighted by atomic mass is 32.1. The van der Waals surface area contributed by atoms with Crippen molar-refractivity contribution in [1.29, 1.82) is 0 Å². The van der Waals surface area contributed by atoms with E-state index in [1.54, 1.807) is 18.6 Å². The van der Waals surface area contributed by atoms with Crippen LogP contribution in [0.5, 0.6) is 0 Å². The van der Waals surface area contributed by atoms with Gasteiger partial charge in [-0.15, -0.1) is 11.3 Å². The summed E-state index contributed by atoms with van der Waals surface area (Å²) in [5.41, 5.74) is 3.34. The number of hydrogen-bond donors (Lipinski definition) is 1. The number of carbonyl (C=O) groups is 1. The minimum absolute atomic E-state index is 0.126. The van der Waals surface area contributed by atoms with Gasteiger partial charge in [0.2, 0.25) is 0 Å². The highest BCUT2D eigenvalue weighted by Crippen LogP contribution is 2.21. The van der Waals surface area contributed by atoms with Crippen LogP contribution in [0.1, 0.15) is 15.4 Å². The summed E-state index contributed by atoms with van der Waals surface area (Å²) >= 11 is 1.53. The maximum atomic E-state index is 12.5. The van der Waals surface area contributed by atoms with Gasteiger partial charge in [0.05, 0.1) is 17.8 Å². The molecule has 5 nitrogen and oxygen atoms in total. The van der Waals surface area contributed by atoms with E-state index in [-0.39, 0.29) is 5.91 Å². The zero-order valence-corrected chi connectivity index (χ0v) is 14.0. The van der Waals surface area contributed by atoms with E-state index in [1.807, 2.05) is 47.8 Å². The molecule has 0 spiro atoms. The SMILES string of the molecule is O=C(NCc1nc(-c2ccncc2)cs1)c1cccc2ncccc12. The topological polar surface area (TPSA) is 67.8 Å². The third-order valence-corrected chi connectivity index (χ3v) is 4.67. The Morgan fingerprint density at radius 3 is 2.80 bits per heavy atom. The molecule has 0 atom stereocenters. The van der Waals surface area contributed by atoms with Crippen LogP contribution in [0.2, 0.25) is 0 Å². The Hall–Kier alpha value is -3.12. The van der Waals surface area contributed by atoms with Crippen molar-refractivity contribution >= 4 is 28.1 Å². The Morgan fingerprint density at radius 2 is 1.92 bits per heavy atom.